The summed E-state index contributed by atoms with van der Waals surface area (Å²) in [4.78, 5) is 22.7. The number of rotatable bonds is 7. The quantitative estimate of drug-likeness (QED) is 0.479. The molecule has 0 aliphatic heterocycles. The summed E-state index contributed by atoms with van der Waals surface area (Å²) >= 11 is 0. The van der Waals surface area contributed by atoms with Crippen LogP contribution in [0.5, 0.6) is 0 Å². The van der Waals surface area contributed by atoms with Gasteiger partial charge in [-0.1, -0.05) is 26.0 Å². The third-order valence-electron chi connectivity index (χ3n) is 5.30. The number of amides is 1. The summed E-state index contributed by atoms with van der Waals surface area (Å²) in [6.07, 6.45) is 6.06. The molecular formula is C24H27N5O. The monoisotopic (exact) mass is 401 g/mol. The maximum Gasteiger partial charge on any atom is 0.258 e. The van der Waals surface area contributed by atoms with Gasteiger partial charge in [-0.05, 0) is 61.2 Å². The van der Waals surface area contributed by atoms with Crippen LogP contribution in [0.1, 0.15) is 43.1 Å². The van der Waals surface area contributed by atoms with E-state index in [2.05, 4.69) is 41.9 Å². The van der Waals surface area contributed by atoms with Crippen LogP contribution in [0, 0.1) is 5.92 Å². The molecule has 1 atom stereocenters. The fourth-order valence-corrected chi connectivity index (χ4v) is 3.94. The summed E-state index contributed by atoms with van der Waals surface area (Å²) in [5.74, 6) is 0.515. The Labute approximate surface area is 176 Å². The third-order valence-corrected chi connectivity index (χ3v) is 5.30. The second-order valence-corrected chi connectivity index (χ2v) is 8.19. The number of carbonyl (C=O) groups excluding carboxylic acids is 1. The Bertz CT molecular complexity index is 1110. The number of carbonyl (C=O) groups is 1. The van der Waals surface area contributed by atoms with Crippen LogP contribution in [0.3, 0.4) is 0 Å². The number of benzene rings is 2. The van der Waals surface area contributed by atoms with Gasteiger partial charge in [-0.15, -0.1) is 0 Å². The molecule has 2 aromatic carbocycles. The first kappa shape index (κ1) is 19.9. The first-order valence-corrected chi connectivity index (χ1v) is 10.3. The number of anilines is 1. The molecule has 0 saturated carbocycles. The van der Waals surface area contributed by atoms with Gasteiger partial charge in [0.05, 0.1) is 6.54 Å². The highest BCUT2D eigenvalue weighted by atomic mass is 16.2. The maximum atomic E-state index is 13.6. The number of nitrogens with zero attached hydrogens (tertiary/aromatic N) is 4. The maximum absolute atomic E-state index is 13.6. The number of hydrogen-bond donors (Lipinski definition) is 1. The molecule has 0 aliphatic rings. The minimum absolute atomic E-state index is 0.0188. The molecule has 0 radical (unpaired) electrons. The summed E-state index contributed by atoms with van der Waals surface area (Å²) in [7, 11) is 0. The predicted octanol–water partition coefficient (Wildman–Crippen LogP) is 4.89. The molecule has 1 unspecified atom stereocenters. The molecular weight excluding hydrogens is 374 g/mol. The Kier molecular flexibility index (Phi) is 5.65. The Morgan fingerprint density at radius 2 is 1.90 bits per heavy atom. The van der Waals surface area contributed by atoms with Crippen LogP contribution in [0.25, 0.3) is 10.9 Å². The van der Waals surface area contributed by atoms with E-state index in [1.165, 1.54) is 6.33 Å². The van der Waals surface area contributed by atoms with Gasteiger partial charge in [-0.2, -0.15) is 5.10 Å². The van der Waals surface area contributed by atoms with Crippen molar-refractivity contribution in [3.63, 3.8) is 0 Å². The van der Waals surface area contributed by atoms with Crippen molar-refractivity contribution < 1.29 is 4.79 Å². The van der Waals surface area contributed by atoms with Crippen LogP contribution < -0.4 is 4.90 Å². The molecule has 30 heavy (non-hydrogen) atoms. The molecule has 1 N–H and O–H groups in total. The molecule has 2 heterocycles. The molecule has 6 heteroatoms. The van der Waals surface area contributed by atoms with E-state index in [9.17, 15) is 4.79 Å². The highest BCUT2D eigenvalue weighted by molar-refractivity contribution is 6.07. The van der Waals surface area contributed by atoms with Gasteiger partial charge in [-0.3, -0.25) is 4.79 Å². The number of nitrogens with one attached hydrogen (secondary N) is 1. The highest BCUT2D eigenvalue weighted by Gasteiger charge is 2.24. The predicted molar refractivity (Wildman–Crippen MR) is 120 cm³/mol. The Balaban J connectivity index is 1.62. The Morgan fingerprint density at radius 3 is 2.60 bits per heavy atom. The van der Waals surface area contributed by atoms with Gasteiger partial charge in [0.25, 0.3) is 5.91 Å². The van der Waals surface area contributed by atoms with E-state index in [-0.39, 0.29) is 11.9 Å². The van der Waals surface area contributed by atoms with Crippen molar-refractivity contribution in [3.8, 4) is 0 Å². The van der Waals surface area contributed by atoms with Crippen LogP contribution >= 0.6 is 0 Å². The van der Waals surface area contributed by atoms with Crippen molar-refractivity contribution in [2.24, 2.45) is 5.92 Å². The molecule has 1 amide bonds. The van der Waals surface area contributed by atoms with Crippen LogP contribution in [0.4, 0.5) is 5.69 Å². The summed E-state index contributed by atoms with van der Waals surface area (Å²) < 4.78 is 1.76. The van der Waals surface area contributed by atoms with E-state index in [1.54, 1.807) is 11.0 Å². The van der Waals surface area contributed by atoms with Crippen molar-refractivity contribution in [1.82, 2.24) is 19.7 Å². The lowest BCUT2D eigenvalue weighted by Gasteiger charge is -2.31. The molecule has 4 aromatic rings. The second-order valence-electron chi connectivity index (χ2n) is 8.19. The molecule has 6 nitrogen and oxygen atoms in total. The van der Waals surface area contributed by atoms with Gasteiger partial charge < -0.3 is 9.88 Å². The van der Waals surface area contributed by atoms with E-state index in [1.807, 2.05) is 53.6 Å². The van der Waals surface area contributed by atoms with Crippen LogP contribution in [-0.2, 0) is 6.54 Å². The normalized spacial score (nSPS) is 12.4. The van der Waals surface area contributed by atoms with Crippen LogP contribution in [-0.4, -0.2) is 31.7 Å². The zero-order chi connectivity index (χ0) is 21.1. The largest absolute Gasteiger partial charge is 0.361 e. The van der Waals surface area contributed by atoms with Gasteiger partial charge in [0.1, 0.15) is 12.7 Å². The summed E-state index contributed by atoms with van der Waals surface area (Å²) in [6, 6.07) is 16.0. The van der Waals surface area contributed by atoms with E-state index < -0.39 is 0 Å². The van der Waals surface area contributed by atoms with Gasteiger partial charge in [0.2, 0.25) is 0 Å². The van der Waals surface area contributed by atoms with E-state index in [0.29, 0.717) is 18.0 Å². The van der Waals surface area contributed by atoms with E-state index in [4.69, 9.17) is 0 Å². The topological polar surface area (TPSA) is 66.8 Å². The van der Waals surface area contributed by atoms with Crippen molar-refractivity contribution >= 4 is 22.5 Å². The SMILES string of the molecule is CC(C)CC(C)N(C(=O)c1ccc(Cn2cncn2)cc1)c1ccc2[nH]ccc2c1. The zero-order valence-corrected chi connectivity index (χ0v) is 17.6. The zero-order valence-electron chi connectivity index (χ0n) is 17.6. The Morgan fingerprint density at radius 1 is 1.10 bits per heavy atom. The lowest BCUT2D eigenvalue weighted by Crippen LogP contribution is -2.39. The van der Waals surface area contributed by atoms with E-state index in [0.717, 1.165) is 28.6 Å². The standard InChI is InChI=1S/C24H27N5O/c1-17(2)12-18(3)29(22-8-9-23-21(13-22)10-11-26-23)24(30)20-6-4-19(5-7-20)14-28-16-25-15-27-28/h4-11,13,15-18,26H,12,14H2,1-3H3. The van der Waals surface area contributed by atoms with Crippen molar-refractivity contribution in [2.75, 3.05) is 4.90 Å². The van der Waals surface area contributed by atoms with Gasteiger partial charge in [-0.25, -0.2) is 9.67 Å². The highest BCUT2D eigenvalue weighted by Crippen LogP contribution is 2.27. The van der Waals surface area contributed by atoms with E-state index >= 15 is 0 Å². The molecule has 0 bridgehead atoms. The molecule has 0 saturated heterocycles. The number of aromatic amines is 1. The van der Waals surface area contributed by atoms with Gasteiger partial charge in [0, 0.05) is 34.4 Å². The molecule has 2 aromatic heterocycles. The molecule has 4 rings (SSSR count). The van der Waals surface area contributed by atoms with Gasteiger partial charge >= 0.3 is 0 Å². The molecule has 0 aliphatic carbocycles. The summed E-state index contributed by atoms with van der Waals surface area (Å²) in [5.41, 5.74) is 3.75. The lowest BCUT2D eigenvalue weighted by atomic mass is 10.0. The lowest BCUT2D eigenvalue weighted by molar-refractivity contribution is 0.0976. The average molecular weight is 402 g/mol. The number of fused-ring (bicyclic) bond motifs is 1. The first-order valence-electron chi connectivity index (χ1n) is 10.3. The number of aromatic nitrogens is 4. The van der Waals surface area contributed by atoms with Crippen molar-refractivity contribution in [3.05, 3.63) is 78.5 Å². The fraction of sp³-hybridized carbons (Fsp3) is 0.292. The number of H-pyrrole nitrogens is 1. The smallest absolute Gasteiger partial charge is 0.258 e. The Hall–Kier alpha value is -3.41. The molecule has 154 valence electrons. The van der Waals surface area contributed by atoms with Crippen LogP contribution in [0.2, 0.25) is 0 Å². The number of hydrogen-bond acceptors (Lipinski definition) is 3. The van der Waals surface area contributed by atoms with Crippen molar-refractivity contribution in [1.29, 1.82) is 0 Å². The first-order chi connectivity index (χ1) is 14.5. The summed E-state index contributed by atoms with van der Waals surface area (Å²) in [5, 5.41) is 5.24. The van der Waals surface area contributed by atoms with Crippen LogP contribution in [0.15, 0.2) is 67.4 Å². The third kappa shape index (κ3) is 4.27. The minimum Gasteiger partial charge on any atom is -0.361 e. The molecule has 0 spiro atoms. The minimum atomic E-state index is 0.0188. The fourth-order valence-electron chi connectivity index (χ4n) is 3.94. The summed E-state index contributed by atoms with van der Waals surface area (Å²) in [6.45, 7) is 7.13. The molecule has 0 fully saturated rings. The second kappa shape index (κ2) is 8.53. The van der Waals surface area contributed by atoms with Crippen molar-refractivity contribution in [2.45, 2.75) is 39.8 Å². The van der Waals surface area contributed by atoms with Gasteiger partial charge in [0.15, 0.2) is 0 Å². The average Bonchev–Trinajstić information content (AvgIpc) is 3.39.